The van der Waals surface area contributed by atoms with Crippen LogP contribution in [0.4, 0.5) is 16.2 Å². The first-order valence-electron chi connectivity index (χ1n) is 14.2. The fourth-order valence-electron chi connectivity index (χ4n) is 5.55. The zero-order valence-electron chi connectivity index (χ0n) is 25.0. The molecule has 11 heteroatoms. The monoisotopic (exact) mass is 586 g/mol. The van der Waals surface area contributed by atoms with E-state index in [4.69, 9.17) is 14.9 Å². The molecule has 3 amide bonds. The Bertz CT molecular complexity index is 1510. The molecule has 5 rings (SSSR count). The summed E-state index contributed by atoms with van der Waals surface area (Å²) in [4.78, 5) is 41.1. The number of fused-ring (bicyclic) bond motifs is 6. The molecule has 2 heterocycles. The molecule has 0 aliphatic carbocycles. The lowest BCUT2D eigenvalue weighted by Crippen LogP contribution is -2.39. The molecule has 2 aliphatic heterocycles. The van der Waals surface area contributed by atoms with Crippen LogP contribution in [0.5, 0.6) is 11.5 Å². The van der Waals surface area contributed by atoms with E-state index in [1.165, 1.54) is 0 Å². The molecule has 0 bridgehead atoms. The summed E-state index contributed by atoms with van der Waals surface area (Å²) >= 11 is 0. The molecule has 11 nitrogen and oxygen atoms in total. The highest BCUT2D eigenvalue weighted by Gasteiger charge is 2.53. The Morgan fingerprint density at radius 3 is 2.05 bits per heavy atom. The van der Waals surface area contributed by atoms with Crippen molar-refractivity contribution in [1.29, 1.82) is 5.41 Å². The van der Waals surface area contributed by atoms with Crippen LogP contribution in [-0.2, 0) is 15.1 Å². The van der Waals surface area contributed by atoms with Gasteiger partial charge in [-0.05, 0) is 50.9 Å². The lowest BCUT2D eigenvalue weighted by atomic mass is 9.77. The van der Waals surface area contributed by atoms with E-state index in [1.54, 1.807) is 20.2 Å². The predicted molar refractivity (Wildman–Crippen MR) is 167 cm³/mol. The maximum absolute atomic E-state index is 13.2. The van der Waals surface area contributed by atoms with E-state index in [2.05, 4.69) is 27.6 Å². The number of esters is 1. The van der Waals surface area contributed by atoms with Crippen molar-refractivity contribution >= 4 is 36.0 Å². The van der Waals surface area contributed by atoms with Crippen LogP contribution in [-0.4, -0.2) is 71.4 Å². The molecule has 0 saturated carbocycles. The van der Waals surface area contributed by atoms with Crippen LogP contribution in [0.3, 0.4) is 0 Å². The van der Waals surface area contributed by atoms with Gasteiger partial charge in [-0.3, -0.25) is 4.79 Å². The Labute approximate surface area is 251 Å². The number of likely N-dealkylation sites (N-methyl/N-ethyl adjacent to an activating group) is 3. The number of benzene rings is 3. The molecule has 43 heavy (non-hydrogen) atoms. The van der Waals surface area contributed by atoms with Gasteiger partial charge in [0.25, 0.3) is 0 Å². The second-order valence-corrected chi connectivity index (χ2v) is 9.85. The predicted octanol–water partition coefficient (Wildman–Crippen LogP) is 3.85. The Balaban J connectivity index is 0.00000207. The number of hydrogen-bond acceptors (Lipinski definition) is 8. The van der Waals surface area contributed by atoms with Gasteiger partial charge in [0.2, 0.25) is 5.91 Å². The number of carbonyl (C=O) groups excluding carboxylic acids is 3. The van der Waals surface area contributed by atoms with Gasteiger partial charge in [0.15, 0.2) is 5.60 Å². The zero-order valence-corrected chi connectivity index (χ0v) is 25.0. The van der Waals surface area contributed by atoms with Crippen molar-refractivity contribution in [3.8, 4) is 11.5 Å². The van der Waals surface area contributed by atoms with Crippen molar-refractivity contribution in [2.45, 2.75) is 19.4 Å². The normalized spacial score (nSPS) is 15.4. The van der Waals surface area contributed by atoms with Crippen LogP contribution < -0.4 is 30.5 Å². The number of urea groups is 1. The lowest BCUT2D eigenvalue weighted by Gasteiger charge is -2.38. The van der Waals surface area contributed by atoms with Gasteiger partial charge in [0.05, 0.1) is 12.1 Å². The molecule has 0 fully saturated rings. The van der Waals surface area contributed by atoms with Crippen LogP contribution in [0.2, 0.25) is 0 Å². The summed E-state index contributed by atoms with van der Waals surface area (Å²) in [5.74, 6) is 0.638. The van der Waals surface area contributed by atoms with E-state index in [0.29, 0.717) is 43.2 Å². The van der Waals surface area contributed by atoms with Crippen LogP contribution >= 0.6 is 0 Å². The van der Waals surface area contributed by atoms with Crippen molar-refractivity contribution in [2.24, 2.45) is 0 Å². The SMILES string of the molecule is C=N.CCN(CCNC(=O)NC)c1ccc2c(c1)Oc1cc(N(CC)CC(=O)NC)ccc1C21OC(=O)c2ccccc21. The van der Waals surface area contributed by atoms with Crippen molar-refractivity contribution in [2.75, 3.05) is 56.6 Å². The first kappa shape index (κ1) is 30.9. The summed E-state index contributed by atoms with van der Waals surface area (Å²) in [7, 11) is 3.20. The van der Waals surface area contributed by atoms with E-state index in [0.717, 1.165) is 28.1 Å². The van der Waals surface area contributed by atoms with Gasteiger partial charge < -0.3 is 40.6 Å². The highest BCUT2D eigenvalue weighted by Crippen LogP contribution is 2.57. The summed E-state index contributed by atoms with van der Waals surface area (Å²) in [6.07, 6.45) is 0. The number of anilines is 2. The minimum atomic E-state index is -1.18. The first-order valence-corrected chi connectivity index (χ1v) is 14.2. The van der Waals surface area contributed by atoms with Gasteiger partial charge >= 0.3 is 12.0 Å². The first-order chi connectivity index (χ1) is 20.9. The number of nitrogens with zero attached hydrogens (tertiary/aromatic N) is 2. The Hall–Kier alpha value is -5.06. The fraction of sp³-hybridized carbons (Fsp3) is 0.312. The van der Waals surface area contributed by atoms with Crippen LogP contribution in [0.15, 0.2) is 60.7 Å². The van der Waals surface area contributed by atoms with Crippen molar-refractivity contribution in [3.63, 3.8) is 0 Å². The highest BCUT2D eigenvalue weighted by atomic mass is 16.6. The molecule has 0 aromatic heterocycles. The number of amides is 3. The van der Waals surface area contributed by atoms with Gasteiger partial charge in [-0.15, -0.1) is 0 Å². The fourth-order valence-corrected chi connectivity index (χ4v) is 5.55. The molecule has 1 atom stereocenters. The van der Waals surface area contributed by atoms with E-state index >= 15 is 0 Å². The second-order valence-electron chi connectivity index (χ2n) is 9.85. The number of ether oxygens (including phenoxy) is 2. The zero-order chi connectivity index (χ0) is 31.1. The third-order valence-corrected chi connectivity index (χ3v) is 7.68. The minimum Gasteiger partial charge on any atom is -0.456 e. The van der Waals surface area contributed by atoms with E-state index in [1.807, 2.05) is 73.3 Å². The molecule has 3 aromatic rings. The molecule has 0 radical (unpaired) electrons. The highest BCUT2D eigenvalue weighted by molar-refractivity contribution is 5.97. The van der Waals surface area contributed by atoms with Crippen LogP contribution in [0.25, 0.3) is 0 Å². The Morgan fingerprint density at radius 1 is 0.860 bits per heavy atom. The van der Waals surface area contributed by atoms with Crippen LogP contribution in [0, 0.1) is 5.41 Å². The summed E-state index contributed by atoms with van der Waals surface area (Å²) in [5.41, 5.74) is 3.28. The van der Waals surface area contributed by atoms with E-state index in [9.17, 15) is 14.4 Å². The van der Waals surface area contributed by atoms with Crippen LogP contribution in [0.1, 0.15) is 40.9 Å². The van der Waals surface area contributed by atoms with Gasteiger partial charge in [0.1, 0.15) is 11.5 Å². The smallest absolute Gasteiger partial charge is 0.340 e. The third-order valence-electron chi connectivity index (χ3n) is 7.68. The number of rotatable bonds is 9. The van der Waals surface area contributed by atoms with Gasteiger partial charge in [0, 0.05) is 80.5 Å². The molecule has 3 aromatic carbocycles. The molecular weight excluding hydrogens is 548 g/mol. The van der Waals surface area contributed by atoms with Gasteiger partial charge in [-0.25, -0.2) is 9.59 Å². The third kappa shape index (κ3) is 5.70. The topological polar surface area (TPSA) is 136 Å². The minimum absolute atomic E-state index is 0.0961. The van der Waals surface area contributed by atoms with Crippen molar-refractivity contribution in [3.05, 3.63) is 82.9 Å². The molecular formula is C32H38N6O5. The average molecular weight is 587 g/mol. The molecule has 0 saturated heterocycles. The second kappa shape index (κ2) is 13.3. The lowest BCUT2D eigenvalue weighted by molar-refractivity contribution is -0.119. The summed E-state index contributed by atoms with van der Waals surface area (Å²) in [5, 5.41) is 13.6. The standard InChI is InChI=1S/C31H35N5O5.CH3N/c1-5-35(16-15-34-30(39)33-4)20-11-13-24-26(17-20)40-27-18-21(36(6-2)19-28(37)32-3)12-14-25(27)31(24)23-10-8-7-9-22(23)29(38)41-31;1-2/h7-14,17-18H,5-6,15-16,19H2,1-4H3,(H,32,37)(H2,33,34,39);2H,1H2. The molecule has 4 N–H and O–H groups in total. The Kier molecular flexibility index (Phi) is 9.54. The number of hydrogen-bond donors (Lipinski definition) is 4. The number of nitrogens with one attached hydrogen (secondary N) is 4. The summed E-state index contributed by atoms with van der Waals surface area (Å²) in [6.45, 7) is 9.12. The average Bonchev–Trinajstić information content (AvgIpc) is 3.34. The quantitative estimate of drug-likeness (QED) is 0.221. The molecule has 1 spiro atoms. The largest absolute Gasteiger partial charge is 0.456 e. The summed E-state index contributed by atoms with van der Waals surface area (Å²) < 4.78 is 12.8. The molecule has 1 unspecified atom stereocenters. The van der Waals surface area contributed by atoms with E-state index < -0.39 is 11.6 Å². The van der Waals surface area contributed by atoms with Crippen molar-refractivity contribution < 1.29 is 23.9 Å². The van der Waals surface area contributed by atoms with Gasteiger partial charge in [-0.2, -0.15) is 0 Å². The maximum atomic E-state index is 13.2. The summed E-state index contributed by atoms with van der Waals surface area (Å²) in [6, 6.07) is 18.9. The van der Waals surface area contributed by atoms with Crippen molar-refractivity contribution in [1.82, 2.24) is 16.0 Å². The van der Waals surface area contributed by atoms with Gasteiger partial charge in [-0.1, -0.05) is 18.2 Å². The molecule has 226 valence electrons. The number of carbonyl (C=O) groups is 3. The maximum Gasteiger partial charge on any atom is 0.340 e. The molecule has 2 aliphatic rings. The van der Waals surface area contributed by atoms with E-state index in [-0.39, 0.29) is 18.5 Å². The Morgan fingerprint density at radius 2 is 1.47 bits per heavy atom.